The van der Waals surface area contributed by atoms with Crippen LogP contribution in [0.25, 0.3) is 0 Å². The minimum absolute atomic E-state index is 0.220. The van der Waals surface area contributed by atoms with Crippen LogP contribution in [-0.2, 0) is 0 Å². The van der Waals surface area contributed by atoms with Gasteiger partial charge in [-0.3, -0.25) is 0 Å². The molecule has 14 heavy (non-hydrogen) atoms. The van der Waals surface area contributed by atoms with E-state index in [0.29, 0.717) is 23.8 Å². The quantitative estimate of drug-likeness (QED) is 0.607. The number of rotatable bonds is 3. The Morgan fingerprint density at radius 1 is 1.57 bits per heavy atom. The van der Waals surface area contributed by atoms with E-state index in [4.69, 9.17) is 23.3 Å². The number of nitrogens with zero attached hydrogens (tertiary/aromatic N) is 2. The first-order chi connectivity index (χ1) is 6.77. The molecule has 0 aromatic carbocycles. The van der Waals surface area contributed by atoms with Gasteiger partial charge in [0.2, 0.25) is 0 Å². The van der Waals surface area contributed by atoms with E-state index in [1.807, 2.05) is 6.07 Å². The van der Waals surface area contributed by atoms with Crippen molar-refractivity contribution in [3.8, 4) is 18.4 Å². The fourth-order valence-electron chi connectivity index (χ4n) is 0.882. The van der Waals surface area contributed by atoms with Crippen molar-refractivity contribution in [2.24, 2.45) is 0 Å². The van der Waals surface area contributed by atoms with E-state index in [-0.39, 0.29) is 5.69 Å². The van der Waals surface area contributed by atoms with E-state index in [0.717, 1.165) is 0 Å². The van der Waals surface area contributed by atoms with Crippen molar-refractivity contribution in [1.82, 2.24) is 4.98 Å². The second kappa shape index (κ2) is 5.11. The lowest BCUT2D eigenvalue weighted by Gasteiger charge is -2.03. The Morgan fingerprint density at radius 3 is 3.00 bits per heavy atom. The molecule has 0 aliphatic carbocycles. The number of hydrogen-bond acceptors (Lipinski definition) is 3. The first-order valence-electron chi connectivity index (χ1n) is 4.02. The monoisotopic (exact) mass is 205 g/mol. The number of hydrogen-bond donors (Lipinski definition) is 1. The molecule has 1 heterocycles. The van der Waals surface area contributed by atoms with Gasteiger partial charge in [0, 0.05) is 13.0 Å². The van der Waals surface area contributed by atoms with Gasteiger partial charge >= 0.3 is 0 Å². The summed E-state index contributed by atoms with van der Waals surface area (Å²) in [6.07, 6.45) is 5.71. The van der Waals surface area contributed by atoms with Crippen LogP contribution in [0, 0.1) is 23.7 Å². The molecule has 0 fully saturated rings. The molecule has 0 amide bonds. The summed E-state index contributed by atoms with van der Waals surface area (Å²) in [5.74, 6) is 3.11. The number of nitriles is 1. The molecule has 0 spiro atoms. The van der Waals surface area contributed by atoms with Crippen LogP contribution >= 0.6 is 11.6 Å². The molecule has 0 aliphatic heterocycles. The summed E-state index contributed by atoms with van der Waals surface area (Å²) < 4.78 is 0. The maximum absolute atomic E-state index is 8.66. The zero-order valence-electron chi connectivity index (χ0n) is 7.42. The first-order valence-corrected chi connectivity index (χ1v) is 4.39. The summed E-state index contributed by atoms with van der Waals surface area (Å²) in [4.78, 5) is 3.99. The molecule has 0 saturated heterocycles. The lowest BCUT2D eigenvalue weighted by Crippen LogP contribution is -2.03. The van der Waals surface area contributed by atoms with Crippen molar-refractivity contribution >= 4 is 17.4 Å². The zero-order chi connectivity index (χ0) is 10.4. The topological polar surface area (TPSA) is 48.7 Å². The molecule has 0 unspecified atom stereocenters. The Labute approximate surface area is 87.7 Å². The third kappa shape index (κ3) is 2.65. The lowest BCUT2D eigenvalue weighted by molar-refractivity contribution is 1.07. The number of nitrogens with one attached hydrogen (secondary N) is 1. The van der Waals surface area contributed by atoms with Crippen LogP contribution in [-0.4, -0.2) is 11.5 Å². The number of pyridine rings is 1. The average molecular weight is 206 g/mol. The Balaban J connectivity index is 2.72. The maximum atomic E-state index is 8.66. The van der Waals surface area contributed by atoms with Gasteiger partial charge in [-0.2, -0.15) is 5.26 Å². The smallest absolute Gasteiger partial charge is 0.161 e. The molecule has 1 rings (SSSR count). The van der Waals surface area contributed by atoms with Gasteiger partial charge in [-0.1, -0.05) is 11.6 Å². The fraction of sp³-hybridized carbons (Fsp3) is 0.200. The molecule has 1 aromatic heterocycles. The SMILES string of the molecule is C#CCCNc1ccc(Cl)c(C#N)n1. The predicted molar refractivity (Wildman–Crippen MR) is 55.9 cm³/mol. The summed E-state index contributed by atoms with van der Waals surface area (Å²) in [5.41, 5.74) is 0.220. The van der Waals surface area contributed by atoms with Crippen molar-refractivity contribution in [3.63, 3.8) is 0 Å². The number of halogens is 1. The van der Waals surface area contributed by atoms with E-state index in [2.05, 4.69) is 16.2 Å². The molecule has 1 aromatic rings. The van der Waals surface area contributed by atoms with Gasteiger partial charge in [-0.05, 0) is 12.1 Å². The average Bonchev–Trinajstić information content (AvgIpc) is 2.21. The number of anilines is 1. The molecular formula is C10H8ClN3. The summed E-state index contributed by atoms with van der Waals surface area (Å²) in [6, 6.07) is 5.24. The molecule has 0 radical (unpaired) electrons. The molecule has 0 bridgehead atoms. The second-order valence-electron chi connectivity index (χ2n) is 2.52. The highest BCUT2D eigenvalue weighted by molar-refractivity contribution is 6.31. The van der Waals surface area contributed by atoms with Crippen LogP contribution in [0.5, 0.6) is 0 Å². The molecule has 0 atom stereocenters. The molecule has 0 aliphatic rings. The Kier molecular flexibility index (Phi) is 3.79. The molecule has 70 valence electrons. The van der Waals surface area contributed by atoms with Gasteiger partial charge in [0.25, 0.3) is 0 Å². The number of aromatic nitrogens is 1. The number of terminal acetylenes is 1. The largest absolute Gasteiger partial charge is 0.369 e. The fourth-order valence-corrected chi connectivity index (χ4v) is 1.03. The molecule has 1 N–H and O–H groups in total. The standard InChI is InChI=1S/C10H8ClN3/c1-2-3-6-13-10-5-4-8(11)9(7-12)14-10/h1,4-5H,3,6H2,(H,13,14). The van der Waals surface area contributed by atoms with Crippen LogP contribution in [0.2, 0.25) is 5.02 Å². The van der Waals surface area contributed by atoms with Crippen molar-refractivity contribution in [2.45, 2.75) is 6.42 Å². The highest BCUT2D eigenvalue weighted by Crippen LogP contribution is 2.15. The van der Waals surface area contributed by atoms with Crippen molar-refractivity contribution < 1.29 is 0 Å². The summed E-state index contributed by atoms with van der Waals surface area (Å²) in [6.45, 7) is 0.635. The molecular weight excluding hydrogens is 198 g/mol. The summed E-state index contributed by atoms with van der Waals surface area (Å²) in [5, 5.41) is 12.0. The predicted octanol–water partition coefficient (Wildman–Crippen LogP) is 2.04. The van der Waals surface area contributed by atoms with Crippen LogP contribution < -0.4 is 5.32 Å². The van der Waals surface area contributed by atoms with Crippen molar-refractivity contribution in [3.05, 3.63) is 22.8 Å². The van der Waals surface area contributed by atoms with Crippen LogP contribution in [0.1, 0.15) is 12.1 Å². The lowest BCUT2D eigenvalue weighted by atomic mass is 10.3. The first kappa shape index (κ1) is 10.4. The van der Waals surface area contributed by atoms with Gasteiger partial charge in [-0.25, -0.2) is 4.98 Å². The maximum Gasteiger partial charge on any atom is 0.161 e. The van der Waals surface area contributed by atoms with Crippen LogP contribution in [0.4, 0.5) is 5.82 Å². The van der Waals surface area contributed by atoms with Crippen LogP contribution in [0.3, 0.4) is 0 Å². The molecule has 0 saturated carbocycles. The second-order valence-corrected chi connectivity index (χ2v) is 2.93. The van der Waals surface area contributed by atoms with E-state index in [1.54, 1.807) is 12.1 Å². The van der Waals surface area contributed by atoms with Gasteiger partial charge in [0.15, 0.2) is 5.69 Å². The van der Waals surface area contributed by atoms with Crippen LogP contribution in [0.15, 0.2) is 12.1 Å². The van der Waals surface area contributed by atoms with Crippen molar-refractivity contribution in [2.75, 3.05) is 11.9 Å². The van der Waals surface area contributed by atoms with Gasteiger partial charge in [0.05, 0.1) is 5.02 Å². The van der Waals surface area contributed by atoms with E-state index in [1.165, 1.54) is 0 Å². The van der Waals surface area contributed by atoms with E-state index < -0.39 is 0 Å². The Bertz CT molecular complexity index is 401. The van der Waals surface area contributed by atoms with E-state index >= 15 is 0 Å². The minimum Gasteiger partial charge on any atom is -0.369 e. The third-order valence-electron chi connectivity index (χ3n) is 1.53. The highest BCUT2D eigenvalue weighted by atomic mass is 35.5. The minimum atomic E-state index is 0.220. The summed E-state index contributed by atoms with van der Waals surface area (Å²) in [7, 11) is 0. The van der Waals surface area contributed by atoms with E-state index in [9.17, 15) is 0 Å². The zero-order valence-corrected chi connectivity index (χ0v) is 8.17. The normalized spacial score (nSPS) is 8.79. The Hall–Kier alpha value is -1.71. The third-order valence-corrected chi connectivity index (χ3v) is 1.83. The van der Waals surface area contributed by atoms with Crippen molar-refractivity contribution in [1.29, 1.82) is 5.26 Å². The summed E-state index contributed by atoms with van der Waals surface area (Å²) >= 11 is 5.71. The molecule has 3 nitrogen and oxygen atoms in total. The van der Waals surface area contributed by atoms with Gasteiger partial charge in [0.1, 0.15) is 11.9 Å². The Morgan fingerprint density at radius 2 is 2.36 bits per heavy atom. The van der Waals surface area contributed by atoms with Gasteiger partial charge < -0.3 is 5.32 Å². The molecule has 4 heteroatoms. The van der Waals surface area contributed by atoms with Gasteiger partial charge in [-0.15, -0.1) is 12.3 Å². The highest BCUT2D eigenvalue weighted by Gasteiger charge is 2.01.